The highest BCUT2D eigenvalue weighted by Crippen LogP contribution is 2.26. The summed E-state index contributed by atoms with van der Waals surface area (Å²) in [6.07, 6.45) is 4.43. The van der Waals surface area contributed by atoms with Gasteiger partial charge >= 0.3 is 5.97 Å². The Hall–Kier alpha value is -2.74. The number of anilines is 1. The van der Waals surface area contributed by atoms with Crippen LogP contribution in [0.5, 0.6) is 0 Å². The van der Waals surface area contributed by atoms with Crippen LogP contribution in [-0.4, -0.2) is 37.1 Å². The van der Waals surface area contributed by atoms with Crippen molar-refractivity contribution >= 4 is 11.7 Å². The summed E-state index contributed by atoms with van der Waals surface area (Å²) in [5.74, 6) is -0.310. The van der Waals surface area contributed by atoms with Gasteiger partial charge in [0, 0.05) is 30.5 Å². The molecular formula is C22H29N3O2. The third-order valence-electron chi connectivity index (χ3n) is 5.16. The number of nitrogens with one attached hydrogen (secondary N) is 1. The topological polar surface area (TPSA) is 65.4 Å². The molecule has 1 aliphatic rings. The molecule has 2 rings (SSSR count). The number of nitrogens with zero attached hydrogens (tertiary/aromatic N) is 2. The van der Waals surface area contributed by atoms with Crippen molar-refractivity contribution in [1.82, 2.24) is 4.90 Å². The van der Waals surface area contributed by atoms with E-state index in [0.29, 0.717) is 11.6 Å². The zero-order valence-corrected chi connectivity index (χ0v) is 16.8. The Kier molecular flexibility index (Phi) is 7.06. The van der Waals surface area contributed by atoms with E-state index in [4.69, 9.17) is 4.74 Å². The smallest absolute Gasteiger partial charge is 0.338 e. The van der Waals surface area contributed by atoms with Crippen molar-refractivity contribution in [2.45, 2.75) is 46.1 Å². The first-order valence-electron chi connectivity index (χ1n) is 9.41. The number of nitriles is 1. The number of rotatable bonds is 6. The van der Waals surface area contributed by atoms with E-state index in [1.54, 1.807) is 6.08 Å². The molecule has 0 aliphatic carbocycles. The van der Waals surface area contributed by atoms with Gasteiger partial charge in [0.1, 0.15) is 0 Å². The lowest BCUT2D eigenvalue weighted by Gasteiger charge is -2.35. The van der Waals surface area contributed by atoms with Gasteiger partial charge in [0.25, 0.3) is 0 Å². The van der Waals surface area contributed by atoms with E-state index < -0.39 is 0 Å². The van der Waals surface area contributed by atoms with Crippen molar-refractivity contribution in [3.05, 3.63) is 52.7 Å². The molecule has 0 bridgehead atoms. The third kappa shape index (κ3) is 4.71. The van der Waals surface area contributed by atoms with E-state index in [1.165, 1.54) is 7.11 Å². The van der Waals surface area contributed by atoms with E-state index in [2.05, 4.69) is 22.9 Å². The molecule has 0 aromatic heterocycles. The summed E-state index contributed by atoms with van der Waals surface area (Å²) in [6.45, 7) is 11.6. The summed E-state index contributed by atoms with van der Waals surface area (Å²) in [5.41, 5.74) is 5.36. The zero-order valence-electron chi connectivity index (χ0n) is 16.8. The van der Waals surface area contributed by atoms with Crippen LogP contribution in [0.4, 0.5) is 5.69 Å². The highest BCUT2D eigenvalue weighted by molar-refractivity contribution is 5.92. The van der Waals surface area contributed by atoms with Crippen molar-refractivity contribution in [3.8, 4) is 6.07 Å². The van der Waals surface area contributed by atoms with Gasteiger partial charge < -0.3 is 15.0 Å². The minimum Gasteiger partial charge on any atom is -0.465 e. The summed E-state index contributed by atoms with van der Waals surface area (Å²) in [5, 5.41) is 12.9. The predicted octanol–water partition coefficient (Wildman–Crippen LogP) is 4.34. The predicted molar refractivity (Wildman–Crippen MR) is 109 cm³/mol. The first kappa shape index (κ1) is 20.6. The molecule has 1 aromatic carbocycles. The minimum atomic E-state index is -0.310. The van der Waals surface area contributed by atoms with Crippen molar-refractivity contribution in [1.29, 1.82) is 5.26 Å². The second-order valence-corrected chi connectivity index (χ2v) is 6.91. The van der Waals surface area contributed by atoms with Crippen molar-refractivity contribution in [3.63, 3.8) is 0 Å². The van der Waals surface area contributed by atoms with E-state index in [1.807, 2.05) is 32.9 Å². The number of benzene rings is 1. The molecule has 5 heteroatoms. The van der Waals surface area contributed by atoms with Crippen LogP contribution in [0.3, 0.4) is 0 Å². The average Bonchev–Trinajstić information content (AvgIpc) is 2.68. The maximum atomic E-state index is 12.0. The lowest BCUT2D eigenvalue weighted by molar-refractivity contribution is 0.0600. The van der Waals surface area contributed by atoms with Crippen LogP contribution < -0.4 is 5.32 Å². The SMILES string of the molecule is C=C/C(=C(/C#N)CC)N1CCC(Nc2cc(C(=O)OC)c(C)cc2C)CC1. The van der Waals surface area contributed by atoms with E-state index in [-0.39, 0.29) is 5.97 Å². The van der Waals surface area contributed by atoms with Crippen molar-refractivity contribution in [2.24, 2.45) is 0 Å². The molecule has 1 fully saturated rings. The van der Waals surface area contributed by atoms with Gasteiger partial charge in [-0.05, 0) is 56.4 Å². The fourth-order valence-electron chi connectivity index (χ4n) is 3.58. The number of hydrogen-bond donors (Lipinski definition) is 1. The molecule has 0 spiro atoms. The van der Waals surface area contributed by atoms with Crippen LogP contribution >= 0.6 is 0 Å². The van der Waals surface area contributed by atoms with Gasteiger partial charge in [0.15, 0.2) is 0 Å². The molecule has 1 aromatic rings. The van der Waals surface area contributed by atoms with Crippen molar-refractivity contribution in [2.75, 3.05) is 25.5 Å². The van der Waals surface area contributed by atoms with Crippen LogP contribution in [0, 0.1) is 25.2 Å². The summed E-state index contributed by atoms with van der Waals surface area (Å²) in [7, 11) is 1.40. The molecule has 27 heavy (non-hydrogen) atoms. The number of aryl methyl sites for hydroxylation is 2. The second kappa shape index (κ2) is 9.27. The minimum absolute atomic E-state index is 0.310. The first-order chi connectivity index (χ1) is 12.9. The van der Waals surface area contributed by atoms with E-state index >= 15 is 0 Å². The summed E-state index contributed by atoms with van der Waals surface area (Å²) in [4.78, 5) is 14.2. The standard InChI is InChI=1S/C22H29N3O2/c1-6-17(14-23)21(7-2)25-10-8-18(9-11-25)24-20-13-19(22(26)27-5)15(3)12-16(20)4/h7,12-13,18,24H,2,6,8-11H2,1,3-5H3/b21-17-. The molecule has 1 aliphatic heterocycles. The molecule has 5 nitrogen and oxygen atoms in total. The molecular weight excluding hydrogens is 338 g/mol. The number of allylic oxidation sites excluding steroid dienone is 2. The Bertz CT molecular complexity index is 781. The average molecular weight is 367 g/mol. The summed E-state index contributed by atoms with van der Waals surface area (Å²) in [6, 6.07) is 6.53. The normalized spacial score (nSPS) is 15.6. The summed E-state index contributed by atoms with van der Waals surface area (Å²) < 4.78 is 4.88. The van der Waals surface area contributed by atoms with Gasteiger partial charge in [-0.25, -0.2) is 4.79 Å². The van der Waals surface area contributed by atoms with E-state index in [0.717, 1.165) is 60.4 Å². The molecule has 0 unspecified atom stereocenters. The number of piperidine rings is 1. The number of methoxy groups -OCH3 is 1. The molecule has 0 saturated carbocycles. The van der Waals surface area contributed by atoms with Gasteiger partial charge in [-0.1, -0.05) is 19.6 Å². The van der Waals surface area contributed by atoms with Gasteiger partial charge in [-0.3, -0.25) is 0 Å². The molecule has 0 amide bonds. The monoisotopic (exact) mass is 367 g/mol. The number of likely N-dealkylation sites (tertiary alicyclic amines) is 1. The Morgan fingerprint density at radius 3 is 2.56 bits per heavy atom. The Morgan fingerprint density at radius 2 is 2.04 bits per heavy atom. The lowest BCUT2D eigenvalue weighted by atomic mass is 9.99. The molecule has 1 saturated heterocycles. The lowest BCUT2D eigenvalue weighted by Crippen LogP contribution is -2.38. The van der Waals surface area contributed by atoms with Crippen LogP contribution in [-0.2, 0) is 4.74 Å². The van der Waals surface area contributed by atoms with Gasteiger partial charge in [-0.15, -0.1) is 0 Å². The van der Waals surface area contributed by atoms with Crippen LogP contribution in [0.1, 0.15) is 47.7 Å². The Labute approximate surface area is 162 Å². The van der Waals surface area contributed by atoms with Crippen molar-refractivity contribution < 1.29 is 9.53 Å². The maximum absolute atomic E-state index is 12.0. The number of carbonyl (C=O) groups excluding carboxylic acids is 1. The highest BCUT2D eigenvalue weighted by Gasteiger charge is 2.22. The Morgan fingerprint density at radius 1 is 1.37 bits per heavy atom. The molecule has 144 valence electrons. The second-order valence-electron chi connectivity index (χ2n) is 6.91. The Balaban J connectivity index is 2.10. The molecule has 1 N–H and O–H groups in total. The number of carbonyl (C=O) groups is 1. The number of hydrogen-bond acceptors (Lipinski definition) is 5. The summed E-state index contributed by atoms with van der Waals surface area (Å²) >= 11 is 0. The van der Waals surface area contributed by atoms with E-state index in [9.17, 15) is 10.1 Å². The number of ether oxygens (including phenoxy) is 1. The fraction of sp³-hybridized carbons (Fsp3) is 0.455. The molecule has 0 radical (unpaired) electrons. The number of esters is 1. The van der Waals surface area contributed by atoms with Crippen LogP contribution in [0.15, 0.2) is 36.1 Å². The van der Waals surface area contributed by atoms with Gasteiger partial charge in [-0.2, -0.15) is 5.26 Å². The van der Waals surface area contributed by atoms with Crippen LogP contribution in [0.2, 0.25) is 0 Å². The van der Waals surface area contributed by atoms with Crippen LogP contribution in [0.25, 0.3) is 0 Å². The highest BCUT2D eigenvalue weighted by atomic mass is 16.5. The van der Waals surface area contributed by atoms with Gasteiger partial charge in [0.05, 0.1) is 24.3 Å². The third-order valence-corrected chi connectivity index (χ3v) is 5.16. The zero-order chi connectivity index (χ0) is 20.0. The largest absolute Gasteiger partial charge is 0.465 e. The van der Waals surface area contributed by atoms with Gasteiger partial charge in [0.2, 0.25) is 0 Å². The quantitative estimate of drug-likeness (QED) is 0.460. The molecule has 1 heterocycles. The maximum Gasteiger partial charge on any atom is 0.338 e. The first-order valence-corrected chi connectivity index (χ1v) is 9.41. The fourth-order valence-corrected chi connectivity index (χ4v) is 3.58. The molecule has 0 atom stereocenters.